The second-order valence-electron chi connectivity index (χ2n) is 5.50. The molecule has 3 unspecified atom stereocenters. The summed E-state index contributed by atoms with van der Waals surface area (Å²) in [7, 11) is 1.27. The lowest BCUT2D eigenvalue weighted by Gasteiger charge is -2.36. The van der Waals surface area contributed by atoms with Crippen molar-refractivity contribution in [1.29, 1.82) is 0 Å². The molecule has 2 aliphatic rings. The maximum Gasteiger partial charge on any atom is 0.336 e. The molecule has 1 amide bonds. The van der Waals surface area contributed by atoms with E-state index < -0.39 is 29.9 Å². The van der Waals surface area contributed by atoms with Crippen molar-refractivity contribution in [1.82, 2.24) is 4.90 Å². The Labute approximate surface area is 123 Å². The number of amides is 1. The minimum atomic E-state index is -0.911. The minimum Gasteiger partial charge on any atom is -0.481 e. The van der Waals surface area contributed by atoms with E-state index in [9.17, 15) is 19.5 Å². The number of hydrogen-bond donors (Lipinski definition) is 1. The van der Waals surface area contributed by atoms with E-state index in [0.29, 0.717) is 19.4 Å². The molecule has 0 radical (unpaired) electrons. The van der Waals surface area contributed by atoms with Crippen molar-refractivity contribution in [3.05, 3.63) is 0 Å². The summed E-state index contributed by atoms with van der Waals surface area (Å²) >= 11 is 0. The first-order chi connectivity index (χ1) is 10.0. The van der Waals surface area contributed by atoms with Crippen molar-refractivity contribution < 1.29 is 29.0 Å². The van der Waals surface area contributed by atoms with Gasteiger partial charge in [0.2, 0.25) is 5.91 Å². The Morgan fingerprint density at radius 1 is 1.19 bits per heavy atom. The minimum absolute atomic E-state index is 0.133. The van der Waals surface area contributed by atoms with Gasteiger partial charge in [-0.2, -0.15) is 0 Å². The third-order valence-electron chi connectivity index (χ3n) is 4.24. The van der Waals surface area contributed by atoms with Gasteiger partial charge in [-0.15, -0.1) is 0 Å². The number of methoxy groups -OCH3 is 1. The molecule has 7 heteroatoms. The van der Waals surface area contributed by atoms with Gasteiger partial charge in [-0.25, -0.2) is 4.79 Å². The molecule has 0 bridgehead atoms. The summed E-state index contributed by atoms with van der Waals surface area (Å²) in [5.74, 6) is -2.71. The van der Waals surface area contributed by atoms with Gasteiger partial charge >= 0.3 is 11.9 Å². The Balaban J connectivity index is 2.04. The zero-order chi connectivity index (χ0) is 15.4. The van der Waals surface area contributed by atoms with E-state index in [1.165, 1.54) is 12.0 Å². The fraction of sp³-hybridized carbons (Fsp3) is 0.786. The van der Waals surface area contributed by atoms with Crippen molar-refractivity contribution in [2.75, 3.05) is 26.8 Å². The summed E-state index contributed by atoms with van der Waals surface area (Å²) in [5, 5.41) is 9.26. The third kappa shape index (κ3) is 3.53. The maximum atomic E-state index is 12.6. The topological polar surface area (TPSA) is 93.1 Å². The average molecular weight is 299 g/mol. The monoisotopic (exact) mass is 299 g/mol. The summed E-state index contributed by atoms with van der Waals surface area (Å²) in [6.45, 7) is 0.777. The fourth-order valence-electron chi connectivity index (χ4n) is 3.08. The molecule has 1 saturated heterocycles. The number of rotatable bonds is 3. The van der Waals surface area contributed by atoms with E-state index in [-0.39, 0.29) is 19.1 Å². The van der Waals surface area contributed by atoms with Crippen molar-refractivity contribution in [2.45, 2.75) is 31.8 Å². The lowest BCUT2D eigenvalue weighted by molar-refractivity contribution is -0.166. The molecule has 7 nitrogen and oxygen atoms in total. The molecule has 21 heavy (non-hydrogen) atoms. The van der Waals surface area contributed by atoms with Gasteiger partial charge in [-0.3, -0.25) is 9.59 Å². The Hall–Kier alpha value is -1.63. The molecule has 1 heterocycles. The van der Waals surface area contributed by atoms with E-state index in [0.717, 1.165) is 12.8 Å². The first-order valence-electron chi connectivity index (χ1n) is 7.25. The second-order valence-corrected chi connectivity index (χ2v) is 5.50. The predicted molar refractivity (Wildman–Crippen MR) is 71.4 cm³/mol. The number of hydrogen-bond acceptors (Lipinski definition) is 5. The smallest absolute Gasteiger partial charge is 0.336 e. The SMILES string of the molecule is COC(=O)C1CN(C(=O)C2CCCCC2C(=O)O)CCO1. The Morgan fingerprint density at radius 2 is 1.86 bits per heavy atom. The molecule has 2 rings (SSSR count). The fourth-order valence-corrected chi connectivity index (χ4v) is 3.08. The van der Waals surface area contributed by atoms with E-state index in [1.54, 1.807) is 0 Å². The quantitative estimate of drug-likeness (QED) is 0.752. The molecule has 0 aromatic rings. The van der Waals surface area contributed by atoms with Gasteiger partial charge in [0, 0.05) is 6.54 Å². The van der Waals surface area contributed by atoms with Crippen LogP contribution in [0.3, 0.4) is 0 Å². The molecule has 2 fully saturated rings. The number of aliphatic carboxylic acids is 1. The van der Waals surface area contributed by atoms with Gasteiger partial charge in [0.05, 0.1) is 32.1 Å². The largest absolute Gasteiger partial charge is 0.481 e. The molecule has 1 aliphatic carbocycles. The number of nitrogens with zero attached hydrogens (tertiary/aromatic N) is 1. The van der Waals surface area contributed by atoms with E-state index in [4.69, 9.17) is 4.74 Å². The Morgan fingerprint density at radius 3 is 2.48 bits per heavy atom. The van der Waals surface area contributed by atoms with Crippen LogP contribution in [-0.4, -0.2) is 60.8 Å². The molecule has 1 N–H and O–H groups in total. The van der Waals surface area contributed by atoms with Crippen LogP contribution >= 0.6 is 0 Å². The maximum absolute atomic E-state index is 12.6. The molecule has 0 aromatic heterocycles. The first-order valence-corrected chi connectivity index (χ1v) is 7.25. The average Bonchev–Trinajstić information content (AvgIpc) is 2.53. The number of carbonyl (C=O) groups is 3. The summed E-state index contributed by atoms with van der Waals surface area (Å²) in [5.41, 5.74) is 0. The van der Waals surface area contributed by atoms with Gasteiger partial charge in [0.15, 0.2) is 6.10 Å². The summed E-state index contributed by atoms with van der Waals surface area (Å²) in [4.78, 5) is 36.9. The van der Waals surface area contributed by atoms with Crippen LogP contribution in [0, 0.1) is 11.8 Å². The first kappa shape index (κ1) is 15.8. The molecule has 1 saturated carbocycles. The van der Waals surface area contributed by atoms with Crippen molar-refractivity contribution in [3.8, 4) is 0 Å². The summed E-state index contributed by atoms with van der Waals surface area (Å²) in [6.07, 6.45) is 2.06. The normalized spacial score (nSPS) is 29.8. The highest BCUT2D eigenvalue weighted by Gasteiger charge is 2.40. The van der Waals surface area contributed by atoms with Gasteiger partial charge in [0.1, 0.15) is 0 Å². The van der Waals surface area contributed by atoms with Gasteiger partial charge in [0.25, 0.3) is 0 Å². The lowest BCUT2D eigenvalue weighted by Crippen LogP contribution is -2.52. The van der Waals surface area contributed by atoms with Gasteiger partial charge in [-0.1, -0.05) is 12.8 Å². The van der Waals surface area contributed by atoms with Crippen LogP contribution in [-0.2, 0) is 23.9 Å². The van der Waals surface area contributed by atoms with Crippen molar-refractivity contribution in [3.63, 3.8) is 0 Å². The summed E-state index contributed by atoms with van der Waals surface area (Å²) in [6, 6.07) is 0. The molecule has 1 aliphatic heterocycles. The van der Waals surface area contributed by atoms with Crippen molar-refractivity contribution in [2.24, 2.45) is 11.8 Å². The number of carboxylic acids is 1. The lowest BCUT2D eigenvalue weighted by atomic mass is 9.78. The number of carboxylic acid groups (broad SMARTS) is 1. The highest BCUT2D eigenvalue weighted by molar-refractivity contribution is 5.85. The third-order valence-corrected chi connectivity index (χ3v) is 4.24. The van der Waals surface area contributed by atoms with Crippen molar-refractivity contribution >= 4 is 17.8 Å². The highest BCUT2D eigenvalue weighted by Crippen LogP contribution is 2.32. The van der Waals surface area contributed by atoms with Crippen LogP contribution in [0.5, 0.6) is 0 Å². The molecule has 0 aromatic carbocycles. The zero-order valence-corrected chi connectivity index (χ0v) is 12.1. The van der Waals surface area contributed by atoms with Crippen LogP contribution in [0.25, 0.3) is 0 Å². The number of morpholine rings is 1. The van der Waals surface area contributed by atoms with Crippen LogP contribution in [0.15, 0.2) is 0 Å². The standard InChI is InChI=1S/C14H21NO6/c1-20-14(19)11-8-15(6-7-21-11)12(16)9-4-2-3-5-10(9)13(17)18/h9-11H,2-8H2,1H3,(H,17,18). The zero-order valence-electron chi connectivity index (χ0n) is 12.1. The van der Waals surface area contributed by atoms with Crippen LogP contribution < -0.4 is 0 Å². The van der Waals surface area contributed by atoms with Crippen LogP contribution in [0.2, 0.25) is 0 Å². The number of esters is 1. The molecule has 118 valence electrons. The predicted octanol–water partition coefficient (Wildman–Crippen LogP) is 0.278. The molecular formula is C14H21NO6. The Bertz CT molecular complexity index is 424. The molecular weight excluding hydrogens is 278 g/mol. The molecule has 3 atom stereocenters. The van der Waals surface area contributed by atoms with Gasteiger partial charge < -0.3 is 19.5 Å². The van der Waals surface area contributed by atoms with Gasteiger partial charge in [-0.05, 0) is 12.8 Å². The second kappa shape index (κ2) is 6.89. The van der Waals surface area contributed by atoms with Crippen LogP contribution in [0.4, 0.5) is 0 Å². The summed E-state index contributed by atoms with van der Waals surface area (Å²) < 4.78 is 9.91. The Kier molecular flexibility index (Phi) is 5.17. The van der Waals surface area contributed by atoms with E-state index >= 15 is 0 Å². The van der Waals surface area contributed by atoms with Crippen LogP contribution in [0.1, 0.15) is 25.7 Å². The van der Waals surface area contributed by atoms with E-state index in [1.807, 2.05) is 0 Å². The number of carbonyl (C=O) groups excluding carboxylic acids is 2. The highest BCUT2D eigenvalue weighted by atomic mass is 16.6. The van der Waals surface area contributed by atoms with E-state index in [2.05, 4.69) is 4.74 Å². The number of ether oxygens (including phenoxy) is 2. The molecule has 0 spiro atoms.